The number of ether oxygens (including phenoxy) is 2. The Balaban J connectivity index is 2.07. The lowest BCUT2D eigenvalue weighted by Gasteiger charge is -2.08. The molecule has 0 radical (unpaired) electrons. The van der Waals surface area contributed by atoms with Crippen LogP contribution in [-0.2, 0) is 16.1 Å². The predicted octanol–water partition coefficient (Wildman–Crippen LogP) is 6.03. The molecule has 0 aliphatic heterocycles. The van der Waals surface area contributed by atoms with E-state index in [0.717, 1.165) is 19.8 Å². The van der Waals surface area contributed by atoms with Gasteiger partial charge in [-0.2, -0.15) is 0 Å². The summed E-state index contributed by atoms with van der Waals surface area (Å²) in [6.07, 6.45) is 0. The standard InChI is InChI=1S/C15H13BrCl2O2S/c1-19-9-20-8-10-2-3-11(6-13(10)16)21-12-4-5-14(17)15(18)7-12/h2-7H,8-9H2,1H3. The summed E-state index contributed by atoms with van der Waals surface area (Å²) < 4.78 is 11.2. The Morgan fingerprint density at radius 1 is 1.05 bits per heavy atom. The third-order valence-corrected chi connectivity index (χ3v) is 5.07. The molecule has 0 saturated carbocycles. The third-order valence-electron chi connectivity index (χ3n) is 2.61. The molecule has 0 aliphatic carbocycles. The van der Waals surface area contributed by atoms with Gasteiger partial charge in [-0.1, -0.05) is 57.0 Å². The van der Waals surface area contributed by atoms with E-state index in [-0.39, 0.29) is 6.79 Å². The zero-order chi connectivity index (χ0) is 15.2. The molecule has 0 N–H and O–H groups in total. The van der Waals surface area contributed by atoms with Crippen LogP contribution in [0.2, 0.25) is 10.0 Å². The summed E-state index contributed by atoms with van der Waals surface area (Å²) in [7, 11) is 1.60. The average molecular weight is 408 g/mol. The molecule has 2 aromatic rings. The van der Waals surface area contributed by atoms with Gasteiger partial charge in [-0.25, -0.2) is 0 Å². The van der Waals surface area contributed by atoms with Gasteiger partial charge in [0.25, 0.3) is 0 Å². The van der Waals surface area contributed by atoms with Crippen molar-refractivity contribution in [3.63, 3.8) is 0 Å². The first kappa shape index (κ1) is 17.1. The highest BCUT2D eigenvalue weighted by Crippen LogP contribution is 2.34. The molecule has 0 amide bonds. The summed E-state index contributed by atoms with van der Waals surface area (Å²) in [6, 6.07) is 11.7. The Morgan fingerprint density at radius 2 is 1.76 bits per heavy atom. The van der Waals surface area contributed by atoms with E-state index in [1.165, 1.54) is 0 Å². The first-order valence-corrected chi connectivity index (χ1v) is 8.44. The minimum Gasteiger partial charge on any atom is -0.359 e. The van der Waals surface area contributed by atoms with Crippen LogP contribution in [0.4, 0.5) is 0 Å². The van der Waals surface area contributed by atoms with Crippen LogP contribution in [0.1, 0.15) is 5.56 Å². The molecule has 0 aromatic heterocycles. The van der Waals surface area contributed by atoms with Gasteiger partial charge in [0, 0.05) is 21.4 Å². The lowest BCUT2D eigenvalue weighted by Crippen LogP contribution is -1.97. The average Bonchev–Trinajstić information content (AvgIpc) is 2.45. The van der Waals surface area contributed by atoms with E-state index in [2.05, 4.69) is 22.0 Å². The van der Waals surface area contributed by atoms with E-state index in [9.17, 15) is 0 Å². The van der Waals surface area contributed by atoms with Gasteiger partial charge >= 0.3 is 0 Å². The van der Waals surface area contributed by atoms with E-state index in [4.69, 9.17) is 32.7 Å². The van der Waals surface area contributed by atoms with Gasteiger partial charge in [0.1, 0.15) is 6.79 Å². The largest absolute Gasteiger partial charge is 0.359 e. The van der Waals surface area contributed by atoms with Crippen LogP contribution >= 0.6 is 50.9 Å². The number of benzene rings is 2. The minimum atomic E-state index is 0.284. The summed E-state index contributed by atoms with van der Waals surface area (Å²) in [5.41, 5.74) is 1.07. The van der Waals surface area contributed by atoms with Crippen molar-refractivity contribution in [1.29, 1.82) is 0 Å². The second-order valence-corrected chi connectivity index (χ2v) is 7.00. The molecule has 0 unspecified atom stereocenters. The first-order valence-electron chi connectivity index (χ1n) is 6.08. The number of methoxy groups -OCH3 is 1. The number of hydrogen-bond donors (Lipinski definition) is 0. The number of halogens is 3. The molecule has 2 nitrogen and oxygen atoms in total. The molecule has 0 bridgehead atoms. The molecule has 0 spiro atoms. The van der Waals surface area contributed by atoms with Crippen molar-refractivity contribution in [1.82, 2.24) is 0 Å². The number of hydrogen-bond acceptors (Lipinski definition) is 3. The fourth-order valence-electron chi connectivity index (χ4n) is 1.62. The Morgan fingerprint density at radius 3 is 2.43 bits per heavy atom. The van der Waals surface area contributed by atoms with Gasteiger partial charge in [0.2, 0.25) is 0 Å². The van der Waals surface area contributed by atoms with E-state index < -0.39 is 0 Å². The smallest absolute Gasteiger partial charge is 0.146 e. The first-order chi connectivity index (χ1) is 10.1. The van der Waals surface area contributed by atoms with Gasteiger partial charge in [0.05, 0.1) is 16.7 Å². The molecule has 2 aromatic carbocycles. The van der Waals surface area contributed by atoms with Crippen LogP contribution in [0.5, 0.6) is 0 Å². The van der Waals surface area contributed by atoms with Crippen LogP contribution in [-0.4, -0.2) is 13.9 Å². The van der Waals surface area contributed by atoms with Gasteiger partial charge < -0.3 is 9.47 Å². The van der Waals surface area contributed by atoms with E-state index >= 15 is 0 Å². The number of rotatable bonds is 6. The fraction of sp³-hybridized carbons (Fsp3) is 0.200. The van der Waals surface area contributed by atoms with Crippen molar-refractivity contribution in [2.45, 2.75) is 16.4 Å². The van der Waals surface area contributed by atoms with Gasteiger partial charge in [-0.15, -0.1) is 0 Å². The SMILES string of the molecule is COCOCc1ccc(Sc2ccc(Cl)c(Cl)c2)cc1Br. The summed E-state index contributed by atoms with van der Waals surface area (Å²) in [6.45, 7) is 0.790. The van der Waals surface area contributed by atoms with Crippen molar-refractivity contribution in [2.75, 3.05) is 13.9 Å². The highest BCUT2D eigenvalue weighted by Gasteiger charge is 2.05. The summed E-state index contributed by atoms with van der Waals surface area (Å²) >= 11 is 17.1. The molecule has 112 valence electrons. The summed E-state index contributed by atoms with van der Waals surface area (Å²) in [5.74, 6) is 0. The molecule has 21 heavy (non-hydrogen) atoms. The Kier molecular flexibility index (Phi) is 6.86. The quantitative estimate of drug-likeness (QED) is 0.430. The molecule has 0 fully saturated rings. The Labute approximate surface area is 146 Å². The van der Waals surface area contributed by atoms with Crippen molar-refractivity contribution in [3.05, 3.63) is 56.5 Å². The Hall–Kier alpha value is -0.230. The van der Waals surface area contributed by atoms with Crippen LogP contribution in [0.3, 0.4) is 0 Å². The van der Waals surface area contributed by atoms with Crippen LogP contribution < -0.4 is 0 Å². The summed E-state index contributed by atoms with van der Waals surface area (Å²) in [4.78, 5) is 2.15. The molecular weight excluding hydrogens is 395 g/mol. The maximum Gasteiger partial charge on any atom is 0.146 e. The lowest BCUT2D eigenvalue weighted by atomic mass is 10.2. The summed E-state index contributed by atoms with van der Waals surface area (Å²) in [5, 5.41) is 1.12. The predicted molar refractivity (Wildman–Crippen MR) is 91.4 cm³/mol. The van der Waals surface area contributed by atoms with Crippen LogP contribution in [0, 0.1) is 0 Å². The van der Waals surface area contributed by atoms with Crippen LogP contribution in [0.15, 0.2) is 50.7 Å². The third kappa shape index (κ3) is 5.16. The maximum absolute atomic E-state index is 6.02. The van der Waals surface area contributed by atoms with Crippen LogP contribution in [0.25, 0.3) is 0 Å². The van der Waals surface area contributed by atoms with E-state index in [1.54, 1.807) is 24.9 Å². The molecule has 0 heterocycles. The van der Waals surface area contributed by atoms with Crippen molar-refractivity contribution < 1.29 is 9.47 Å². The van der Waals surface area contributed by atoms with Crippen molar-refractivity contribution in [3.8, 4) is 0 Å². The Bertz CT molecular complexity index is 623. The molecule has 0 aliphatic rings. The zero-order valence-corrected chi connectivity index (χ0v) is 15.2. The second kappa shape index (κ2) is 8.42. The highest BCUT2D eigenvalue weighted by molar-refractivity contribution is 9.10. The molecular formula is C15H13BrCl2O2S. The van der Waals surface area contributed by atoms with Gasteiger partial charge in [0.15, 0.2) is 0 Å². The highest BCUT2D eigenvalue weighted by atomic mass is 79.9. The van der Waals surface area contributed by atoms with E-state index in [0.29, 0.717) is 16.7 Å². The molecule has 2 rings (SSSR count). The zero-order valence-electron chi connectivity index (χ0n) is 11.2. The van der Waals surface area contributed by atoms with E-state index in [1.807, 2.05) is 24.3 Å². The van der Waals surface area contributed by atoms with Crippen molar-refractivity contribution in [2.24, 2.45) is 0 Å². The molecule has 6 heteroatoms. The fourth-order valence-corrected chi connectivity index (χ4v) is 3.53. The molecule has 0 atom stereocenters. The van der Waals surface area contributed by atoms with Crippen molar-refractivity contribution >= 4 is 50.9 Å². The monoisotopic (exact) mass is 406 g/mol. The molecule has 0 saturated heterocycles. The minimum absolute atomic E-state index is 0.284. The normalized spacial score (nSPS) is 10.9. The lowest BCUT2D eigenvalue weighted by molar-refractivity contribution is -0.0392. The topological polar surface area (TPSA) is 18.5 Å². The second-order valence-electron chi connectivity index (χ2n) is 4.19. The van der Waals surface area contributed by atoms with Gasteiger partial charge in [-0.05, 0) is 35.9 Å². The maximum atomic E-state index is 6.02. The van der Waals surface area contributed by atoms with Gasteiger partial charge in [-0.3, -0.25) is 0 Å².